The molecule has 0 spiro atoms. The summed E-state index contributed by atoms with van der Waals surface area (Å²) in [5.41, 5.74) is 7.23. The maximum absolute atomic E-state index is 12.1. The molecule has 0 amide bonds. The van der Waals surface area contributed by atoms with Gasteiger partial charge >= 0.3 is 0 Å². The van der Waals surface area contributed by atoms with Crippen LogP contribution in [0.2, 0.25) is 0 Å². The molecule has 1 fully saturated rings. The Hall–Kier alpha value is -0.980. The third-order valence-electron chi connectivity index (χ3n) is 3.23. The molecule has 0 radical (unpaired) electrons. The van der Waals surface area contributed by atoms with Crippen LogP contribution in [0.1, 0.15) is 24.0 Å². The summed E-state index contributed by atoms with van der Waals surface area (Å²) in [6.45, 7) is 0.353. The number of hydrogen-bond acceptors (Lipinski definition) is 3. The average molecular weight is 298 g/mol. The van der Waals surface area contributed by atoms with Crippen molar-refractivity contribution in [3.05, 3.63) is 35.4 Å². The molecule has 1 saturated carbocycles. The van der Waals surface area contributed by atoms with Gasteiger partial charge in [-0.2, -0.15) is 0 Å². The minimum Gasteiger partial charge on any atom is -0.389 e. The molecule has 2 rings (SSSR count). The van der Waals surface area contributed by atoms with Crippen molar-refractivity contribution in [2.45, 2.75) is 19.4 Å². The van der Waals surface area contributed by atoms with Crippen LogP contribution in [0, 0.1) is 5.92 Å². The highest BCUT2D eigenvalue weighted by Gasteiger charge is 2.30. The zero-order valence-electron chi connectivity index (χ0n) is 10.9. The van der Waals surface area contributed by atoms with E-state index in [0.717, 1.165) is 24.0 Å². The number of sulfonamides is 1. The van der Waals surface area contributed by atoms with E-state index in [9.17, 15) is 8.42 Å². The highest BCUT2D eigenvalue weighted by atomic mass is 32.2. The van der Waals surface area contributed by atoms with Crippen LogP contribution in [0.3, 0.4) is 0 Å². The quantitative estimate of drug-likeness (QED) is 0.808. The second kappa shape index (κ2) is 5.56. The Morgan fingerprint density at radius 3 is 2.74 bits per heavy atom. The summed E-state index contributed by atoms with van der Waals surface area (Å²) in [7, 11) is -1.54. The highest BCUT2D eigenvalue weighted by molar-refractivity contribution is 7.89. The van der Waals surface area contributed by atoms with Crippen molar-refractivity contribution >= 4 is 27.2 Å². The van der Waals surface area contributed by atoms with Gasteiger partial charge in [-0.3, -0.25) is 0 Å². The largest absolute Gasteiger partial charge is 0.389 e. The molecule has 104 valence electrons. The van der Waals surface area contributed by atoms with Crippen LogP contribution >= 0.6 is 12.2 Å². The van der Waals surface area contributed by atoms with Gasteiger partial charge in [0.2, 0.25) is 10.0 Å². The monoisotopic (exact) mass is 298 g/mol. The van der Waals surface area contributed by atoms with Crippen LogP contribution in [0.5, 0.6) is 0 Å². The van der Waals surface area contributed by atoms with Crippen LogP contribution in [0.4, 0.5) is 0 Å². The fourth-order valence-electron chi connectivity index (χ4n) is 1.89. The van der Waals surface area contributed by atoms with Crippen LogP contribution in [0.15, 0.2) is 24.3 Å². The van der Waals surface area contributed by atoms with Crippen molar-refractivity contribution in [1.82, 2.24) is 4.31 Å². The normalized spacial score (nSPS) is 15.7. The van der Waals surface area contributed by atoms with E-state index in [4.69, 9.17) is 18.0 Å². The van der Waals surface area contributed by atoms with E-state index in [2.05, 4.69) is 0 Å². The Labute approximate surface area is 119 Å². The molecule has 0 atom stereocenters. The molecule has 0 aromatic heterocycles. The Bertz CT molecular complexity index is 580. The number of thiocarbonyl (C=S) groups is 1. The predicted octanol–water partition coefficient (Wildman–Crippen LogP) is 1.49. The first-order valence-corrected chi connectivity index (χ1v) is 8.23. The Balaban J connectivity index is 2.07. The van der Waals surface area contributed by atoms with Crippen molar-refractivity contribution in [3.8, 4) is 0 Å². The maximum atomic E-state index is 12.1. The second-order valence-electron chi connectivity index (χ2n) is 5.04. The molecule has 1 aliphatic rings. The van der Waals surface area contributed by atoms with E-state index in [1.54, 1.807) is 7.05 Å². The van der Waals surface area contributed by atoms with Gasteiger partial charge in [-0.25, -0.2) is 12.7 Å². The van der Waals surface area contributed by atoms with Gasteiger partial charge in [0.15, 0.2) is 0 Å². The Morgan fingerprint density at radius 1 is 1.47 bits per heavy atom. The number of nitrogens with two attached hydrogens (primary N) is 1. The summed E-state index contributed by atoms with van der Waals surface area (Å²) in [6.07, 6.45) is 2.06. The van der Waals surface area contributed by atoms with E-state index >= 15 is 0 Å². The molecule has 1 aliphatic carbocycles. The van der Waals surface area contributed by atoms with Crippen LogP contribution in [0.25, 0.3) is 0 Å². The van der Waals surface area contributed by atoms with E-state index in [-0.39, 0.29) is 5.75 Å². The van der Waals surface area contributed by atoms with Crippen molar-refractivity contribution in [1.29, 1.82) is 0 Å². The fraction of sp³-hybridized carbons (Fsp3) is 0.462. The first kappa shape index (κ1) is 14.4. The molecular formula is C13H18N2O2S2. The third-order valence-corrected chi connectivity index (χ3v) is 5.44. The molecule has 0 aliphatic heterocycles. The minimum atomic E-state index is -3.16. The summed E-state index contributed by atoms with van der Waals surface area (Å²) < 4.78 is 25.6. The third kappa shape index (κ3) is 3.99. The van der Waals surface area contributed by atoms with E-state index in [1.165, 1.54) is 4.31 Å². The van der Waals surface area contributed by atoms with E-state index < -0.39 is 10.0 Å². The van der Waals surface area contributed by atoms with Gasteiger partial charge in [0.25, 0.3) is 0 Å². The average Bonchev–Trinajstić information content (AvgIpc) is 3.12. The molecule has 6 heteroatoms. The van der Waals surface area contributed by atoms with Crippen molar-refractivity contribution in [2.24, 2.45) is 11.7 Å². The summed E-state index contributed by atoms with van der Waals surface area (Å²) in [5.74, 6) is 0.619. The lowest BCUT2D eigenvalue weighted by atomic mass is 10.1. The van der Waals surface area contributed by atoms with Crippen LogP contribution < -0.4 is 5.73 Å². The Kier molecular flexibility index (Phi) is 4.23. The topological polar surface area (TPSA) is 63.4 Å². The van der Waals surface area contributed by atoms with Gasteiger partial charge in [0.1, 0.15) is 4.99 Å². The molecular weight excluding hydrogens is 280 g/mol. The van der Waals surface area contributed by atoms with Crippen LogP contribution in [-0.2, 0) is 16.6 Å². The SMILES string of the molecule is CN(Cc1cccc(C(N)=S)c1)S(=O)(=O)CC1CC1. The zero-order valence-corrected chi connectivity index (χ0v) is 12.5. The standard InChI is InChI=1S/C13H18N2O2S2/c1-15(19(16,17)9-10-5-6-10)8-11-3-2-4-12(7-11)13(14)18/h2-4,7,10H,5-6,8-9H2,1H3,(H2,14,18). The Morgan fingerprint density at radius 2 is 2.16 bits per heavy atom. The van der Waals surface area contributed by atoms with Crippen molar-refractivity contribution < 1.29 is 8.42 Å². The number of rotatable bonds is 6. The lowest BCUT2D eigenvalue weighted by Crippen LogP contribution is -2.29. The van der Waals surface area contributed by atoms with Gasteiger partial charge in [0.05, 0.1) is 5.75 Å². The maximum Gasteiger partial charge on any atom is 0.214 e. The molecule has 4 nitrogen and oxygen atoms in total. The molecule has 1 aromatic rings. The molecule has 1 aromatic carbocycles. The summed E-state index contributed by atoms with van der Waals surface area (Å²) in [4.78, 5) is 0.324. The second-order valence-corrected chi connectivity index (χ2v) is 7.60. The first-order chi connectivity index (χ1) is 8.88. The van der Waals surface area contributed by atoms with Gasteiger partial charge < -0.3 is 5.73 Å². The molecule has 19 heavy (non-hydrogen) atoms. The number of nitrogens with zero attached hydrogens (tertiary/aromatic N) is 1. The van der Waals surface area contributed by atoms with Gasteiger partial charge in [0, 0.05) is 19.2 Å². The molecule has 0 unspecified atom stereocenters. The van der Waals surface area contributed by atoms with Crippen molar-refractivity contribution in [2.75, 3.05) is 12.8 Å². The fourth-order valence-corrected chi connectivity index (χ4v) is 3.54. The zero-order chi connectivity index (χ0) is 14.0. The first-order valence-electron chi connectivity index (χ1n) is 6.21. The molecule has 0 heterocycles. The molecule has 2 N–H and O–H groups in total. The van der Waals surface area contributed by atoms with Gasteiger partial charge in [-0.1, -0.05) is 30.4 Å². The number of benzene rings is 1. The van der Waals surface area contributed by atoms with E-state index in [0.29, 0.717) is 17.5 Å². The smallest absolute Gasteiger partial charge is 0.214 e. The van der Waals surface area contributed by atoms with Gasteiger partial charge in [-0.05, 0) is 30.4 Å². The minimum absolute atomic E-state index is 0.262. The lowest BCUT2D eigenvalue weighted by Gasteiger charge is -2.17. The van der Waals surface area contributed by atoms with E-state index in [1.807, 2.05) is 24.3 Å². The summed E-state index contributed by atoms with van der Waals surface area (Å²) in [5, 5.41) is 0. The summed E-state index contributed by atoms with van der Waals surface area (Å²) in [6, 6.07) is 7.38. The highest BCUT2D eigenvalue weighted by Crippen LogP contribution is 2.31. The summed E-state index contributed by atoms with van der Waals surface area (Å²) >= 11 is 4.92. The molecule has 0 saturated heterocycles. The lowest BCUT2D eigenvalue weighted by molar-refractivity contribution is 0.464. The molecule has 0 bridgehead atoms. The van der Waals surface area contributed by atoms with Crippen molar-refractivity contribution in [3.63, 3.8) is 0 Å². The van der Waals surface area contributed by atoms with Gasteiger partial charge in [-0.15, -0.1) is 0 Å². The van der Waals surface area contributed by atoms with Crippen LogP contribution in [-0.4, -0.2) is 30.5 Å². The number of hydrogen-bond donors (Lipinski definition) is 1. The predicted molar refractivity (Wildman–Crippen MR) is 80.3 cm³/mol.